The summed E-state index contributed by atoms with van der Waals surface area (Å²) in [5.74, 6) is 0.137. The number of amides is 2. The van der Waals surface area contributed by atoms with Gasteiger partial charge in [0.25, 0.3) is 5.91 Å². The normalized spacial score (nSPS) is 10.6. The molecule has 0 fully saturated rings. The van der Waals surface area contributed by atoms with Gasteiger partial charge in [0, 0.05) is 16.9 Å². The molecule has 156 valence electrons. The zero-order valence-electron chi connectivity index (χ0n) is 16.6. The maximum atomic E-state index is 12.7. The molecule has 0 bridgehead atoms. The Morgan fingerprint density at radius 2 is 1.84 bits per heavy atom. The Kier molecular flexibility index (Phi) is 5.76. The van der Waals surface area contributed by atoms with Crippen LogP contribution in [0.2, 0.25) is 0 Å². The number of aryl methyl sites for hydroxylation is 1. The summed E-state index contributed by atoms with van der Waals surface area (Å²) in [6, 6.07) is 17.9. The predicted octanol–water partition coefficient (Wildman–Crippen LogP) is 4.40. The number of hydrogen-bond donors (Lipinski definition) is 3. The Morgan fingerprint density at radius 3 is 2.58 bits per heavy atom. The molecule has 2 amide bonds. The first-order chi connectivity index (χ1) is 15.0. The number of H-pyrrole nitrogens is 1. The summed E-state index contributed by atoms with van der Waals surface area (Å²) in [5, 5.41) is 12.6. The van der Waals surface area contributed by atoms with Crippen LogP contribution in [0, 0.1) is 11.7 Å². The number of nitrogens with one attached hydrogen (secondary N) is 3. The van der Waals surface area contributed by atoms with Crippen LogP contribution in [0.15, 0.2) is 71.3 Å². The Bertz CT molecular complexity index is 1290. The molecule has 2 heterocycles. The van der Waals surface area contributed by atoms with E-state index in [0.29, 0.717) is 22.0 Å². The van der Waals surface area contributed by atoms with Crippen LogP contribution in [0.1, 0.15) is 16.1 Å². The van der Waals surface area contributed by atoms with Crippen molar-refractivity contribution in [3.63, 3.8) is 0 Å². The molecule has 8 nitrogen and oxygen atoms in total. The standard InChI is InChI=1S/C22H19N5O3S/c1-14-5-2-6-15(11-14)20-25-26-22(31)27(20)13-19(28)23-16-7-3-8-17(12-16)24-21(29)18-9-4-10-30-18/h2-12H,13H2,1H3,(H,23,28)(H,24,29)(H,26,31). The molecule has 0 aliphatic carbocycles. The van der Waals surface area contributed by atoms with Crippen LogP contribution in [0.25, 0.3) is 11.4 Å². The maximum Gasteiger partial charge on any atom is 0.291 e. The smallest absolute Gasteiger partial charge is 0.291 e. The summed E-state index contributed by atoms with van der Waals surface area (Å²) in [7, 11) is 0. The second-order valence-electron chi connectivity index (χ2n) is 6.87. The molecule has 0 radical (unpaired) electrons. The van der Waals surface area contributed by atoms with Crippen LogP contribution in [0.4, 0.5) is 11.4 Å². The molecule has 9 heteroatoms. The first-order valence-corrected chi connectivity index (χ1v) is 9.87. The third-order valence-corrected chi connectivity index (χ3v) is 4.80. The lowest BCUT2D eigenvalue weighted by atomic mass is 10.1. The van der Waals surface area contributed by atoms with E-state index in [4.69, 9.17) is 16.6 Å². The topological polar surface area (TPSA) is 105 Å². The molecule has 0 aliphatic heterocycles. The molecule has 0 aliphatic rings. The molecule has 0 unspecified atom stereocenters. The first-order valence-electron chi connectivity index (χ1n) is 9.46. The summed E-state index contributed by atoms with van der Waals surface area (Å²) >= 11 is 5.30. The van der Waals surface area contributed by atoms with Gasteiger partial charge in [-0.2, -0.15) is 5.10 Å². The van der Waals surface area contributed by atoms with Gasteiger partial charge in [-0.15, -0.1) is 0 Å². The van der Waals surface area contributed by atoms with Gasteiger partial charge in [0.1, 0.15) is 6.54 Å². The second-order valence-corrected chi connectivity index (χ2v) is 7.26. The molecule has 2 aromatic heterocycles. The van der Waals surface area contributed by atoms with E-state index in [0.717, 1.165) is 11.1 Å². The average Bonchev–Trinajstić information content (AvgIpc) is 3.39. The summed E-state index contributed by atoms with van der Waals surface area (Å²) in [6.07, 6.45) is 1.43. The fraction of sp³-hybridized carbons (Fsp3) is 0.0909. The first kappa shape index (κ1) is 20.3. The van der Waals surface area contributed by atoms with Crippen molar-refractivity contribution in [2.75, 3.05) is 10.6 Å². The van der Waals surface area contributed by atoms with E-state index in [-0.39, 0.29) is 24.1 Å². The maximum absolute atomic E-state index is 12.7. The van der Waals surface area contributed by atoms with Gasteiger partial charge in [-0.25, -0.2) is 0 Å². The van der Waals surface area contributed by atoms with Gasteiger partial charge >= 0.3 is 0 Å². The van der Waals surface area contributed by atoms with Gasteiger partial charge in [0.15, 0.2) is 16.4 Å². The van der Waals surface area contributed by atoms with E-state index in [9.17, 15) is 9.59 Å². The number of nitrogens with zero attached hydrogens (tertiary/aromatic N) is 2. The fourth-order valence-corrected chi connectivity index (χ4v) is 3.28. The van der Waals surface area contributed by atoms with Crippen molar-refractivity contribution in [1.29, 1.82) is 0 Å². The van der Waals surface area contributed by atoms with Gasteiger partial charge in [0.05, 0.1) is 6.26 Å². The van der Waals surface area contributed by atoms with E-state index in [1.165, 1.54) is 6.26 Å². The minimum Gasteiger partial charge on any atom is -0.459 e. The molecule has 2 aromatic carbocycles. The number of hydrogen-bond acceptors (Lipinski definition) is 5. The lowest BCUT2D eigenvalue weighted by Gasteiger charge is -2.10. The van der Waals surface area contributed by atoms with Crippen molar-refractivity contribution >= 4 is 35.4 Å². The lowest BCUT2D eigenvalue weighted by Crippen LogP contribution is -2.19. The van der Waals surface area contributed by atoms with Crippen molar-refractivity contribution in [2.45, 2.75) is 13.5 Å². The van der Waals surface area contributed by atoms with Crippen LogP contribution in [-0.4, -0.2) is 26.6 Å². The highest BCUT2D eigenvalue weighted by Gasteiger charge is 2.14. The van der Waals surface area contributed by atoms with Crippen LogP contribution >= 0.6 is 12.2 Å². The largest absolute Gasteiger partial charge is 0.459 e. The van der Waals surface area contributed by atoms with Crippen molar-refractivity contribution in [3.05, 3.63) is 83.0 Å². The molecule has 31 heavy (non-hydrogen) atoms. The van der Waals surface area contributed by atoms with E-state index in [1.807, 2.05) is 31.2 Å². The molecule has 0 spiro atoms. The number of anilines is 2. The van der Waals surface area contributed by atoms with Crippen molar-refractivity contribution < 1.29 is 14.0 Å². The third kappa shape index (κ3) is 4.78. The minimum atomic E-state index is -0.374. The van der Waals surface area contributed by atoms with Crippen LogP contribution in [0.3, 0.4) is 0 Å². The number of benzene rings is 2. The van der Waals surface area contributed by atoms with Crippen LogP contribution in [-0.2, 0) is 11.3 Å². The third-order valence-electron chi connectivity index (χ3n) is 4.49. The Labute approximate surface area is 182 Å². The summed E-state index contributed by atoms with van der Waals surface area (Å²) in [5.41, 5.74) is 3.01. The number of carbonyl (C=O) groups is 2. The Balaban J connectivity index is 1.47. The van der Waals surface area contributed by atoms with Gasteiger partial charge in [-0.3, -0.25) is 19.3 Å². The van der Waals surface area contributed by atoms with Crippen molar-refractivity contribution in [3.8, 4) is 11.4 Å². The molecule has 4 rings (SSSR count). The van der Waals surface area contributed by atoms with E-state index >= 15 is 0 Å². The quantitative estimate of drug-likeness (QED) is 0.391. The molecular formula is C22H19N5O3S. The summed E-state index contributed by atoms with van der Waals surface area (Å²) < 4.78 is 7.08. The average molecular weight is 433 g/mol. The van der Waals surface area contributed by atoms with Crippen molar-refractivity contribution in [2.24, 2.45) is 0 Å². The number of aromatic nitrogens is 3. The highest BCUT2D eigenvalue weighted by molar-refractivity contribution is 7.71. The van der Waals surface area contributed by atoms with Crippen molar-refractivity contribution in [1.82, 2.24) is 14.8 Å². The number of carbonyl (C=O) groups excluding carboxylic acids is 2. The molecule has 3 N–H and O–H groups in total. The van der Waals surface area contributed by atoms with E-state index < -0.39 is 0 Å². The molecule has 4 aromatic rings. The van der Waals surface area contributed by atoms with Crippen LogP contribution in [0.5, 0.6) is 0 Å². The highest BCUT2D eigenvalue weighted by atomic mass is 32.1. The molecule has 0 saturated carbocycles. The van der Waals surface area contributed by atoms with E-state index in [2.05, 4.69) is 20.8 Å². The lowest BCUT2D eigenvalue weighted by molar-refractivity contribution is -0.116. The Morgan fingerprint density at radius 1 is 1.06 bits per heavy atom. The van der Waals surface area contributed by atoms with Crippen LogP contribution < -0.4 is 10.6 Å². The SMILES string of the molecule is Cc1cccc(-c2n[nH]c(=S)n2CC(=O)Nc2cccc(NC(=O)c3ccco3)c2)c1. The van der Waals surface area contributed by atoms with Gasteiger partial charge < -0.3 is 15.1 Å². The zero-order chi connectivity index (χ0) is 21.8. The van der Waals surface area contributed by atoms with Gasteiger partial charge in [-0.05, 0) is 55.5 Å². The summed E-state index contributed by atoms with van der Waals surface area (Å²) in [6.45, 7) is 1.97. The monoisotopic (exact) mass is 433 g/mol. The van der Waals surface area contributed by atoms with Gasteiger partial charge in [0.2, 0.25) is 5.91 Å². The zero-order valence-corrected chi connectivity index (χ0v) is 17.4. The molecule has 0 atom stereocenters. The van der Waals surface area contributed by atoms with Gasteiger partial charge in [-0.1, -0.05) is 29.8 Å². The summed E-state index contributed by atoms with van der Waals surface area (Å²) in [4.78, 5) is 24.8. The molecule has 0 saturated heterocycles. The number of rotatable bonds is 6. The molecular weight excluding hydrogens is 414 g/mol. The second kappa shape index (κ2) is 8.80. The fourth-order valence-electron chi connectivity index (χ4n) is 3.09. The minimum absolute atomic E-state index is 0.0123. The highest BCUT2D eigenvalue weighted by Crippen LogP contribution is 2.20. The predicted molar refractivity (Wildman–Crippen MR) is 119 cm³/mol. The Hall–Kier alpha value is -3.98. The number of aromatic amines is 1. The van der Waals surface area contributed by atoms with E-state index in [1.54, 1.807) is 41.0 Å². The number of furan rings is 1.